The third kappa shape index (κ3) is 5.15. The smallest absolute Gasteiger partial charge is 0.327 e. The molecule has 0 amide bonds. The van der Waals surface area contributed by atoms with Crippen LogP contribution in [-0.2, 0) is 19.3 Å². The molecule has 1 rings (SSSR count). The molecule has 144 valence electrons. The lowest BCUT2D eigenvalue weighted by molar-refractivity contribution is -0.780. The zero-order valence-electron chi connectivity index (χ0n) is 15.3. The fraction of sp³-hybridized carbons (Fsp3) is 0.929. The second-order valence-electron chi connectivity index (χ2n) is 7.53. The van der Waals surface area contributed by atoms with Crippen LogP contribution in [0.1, 0.15) is 54.4 Å². The fourth-order valence-corrected chi connectivity index (χ4v) is 3.08. The minimum Gasteiger partial charge on any atom is -0.367 e. The van der Waals surface area contributed by atoms with Gasteiger partial charge in [-0.05, 0) is 34.1 Å². The Bertz CT molecular complexity index is 534. The molecule has 11 nitrogen and oxygen atoms in total. The summed E-state index contributed by atoms with van der Waals surface area (Å²) in [6, 6.07) is 0. The first kappa shape index (κ1) is 20.9. The summed E-state index contributed by atoms with van der Waals surface area (Å²) in [6.45, 7) is 9.98. The van der Waals surface area contributed by atoms with E-state index >= 15 is 0 Å². The lowest BCUT2D eigenvalue weighted by Crippen LogP contribution is -2.60. The van der Waals surface area contributed by atoms with Gasteiger partial charge in [0.1, 0.15) is 12.2 Å². The van der Waals surface area contributed by atoms with Crippen molar-refractivity contribution >= 4 is 5.97 Å². The van der Waals surface area contributed by atoms with E-state index in [4.69, 9.17) is 9.68 Å². The van der Waals surface area contributed by atoms with Gasteiger partial charge in [-0.2, -0.15) is 0 Å². The van der Waals surface area contributed by atoms with Crippen molar-refractivity contribution < 1.29 is 29.5 Å². The molecule has 0 aromatic rings. The zero-order chi connectivity index (χ0) is 19.6. The van der Waals surface area contributed by atoms with Crippen molar-refractivity contribution in [2.45, 2.75) is 77.7 Å². The van der Waals surface area contributed by atoms with Gasteiger partial charge in [0.2, 0.25) is 0 Å². The number of carbonyl (C=O) groups is 1. The molecule has 1 saturated heterocycles. The SMILES string of the molecule is CC(C)C(=O)ON1C(C)(C)CC(O[N+](=O)[O-])CC(O[N+](=O)[O-])C1(C)C. The summed E-state index contributed by atoms with van der Waals surface area (Å²) in [5, 5.41) is 21.1. The predicted octanol–water partition coefficient (Wildman–Crippen LogP) is 1.91. The van der Waals surface area contributed by atoms with Crippen molar-refractivity contribution in [3.63, 3.8) is 0 Å². The highest BCUT2D eigenvalue weighted by Gasteiger charge is 2.52. The van der Waals surface area contributed by atoms with Gasteiger partial charge in [-0.3, -0.25) is 4.79 Å². The van der Waals surface area contributed by atoms with Crippen LogP contribution in [0.5, 0.6) is 0 Å². The predicted molar refractivity (Wildman–Crippen MR) is 83.9 cm³/mol. The van der Waals surface area contributed by atoms with Crippen LogP contribution in [0.15, 0.2) is 0 Å². The zero-order valence-corrected chi connectivity index (χ0v) is 15.3. The lowest BCUT2D eigenvalue weighted by Gasteiger charge is -2.46. The highest BCUT2D eigenvalue weighted by Crippen LogP contribution is 2.40. The summed E-state index contributed by atoms with van der Waals surface area (Å²) in [4.78, 5) is 48.6. The van der Waals surface area contributed by atoms with Crippen molar-refractivity contribution in [1.82, 2.24) is 5.06 Å². The molecular weight excluding hydrogens is 338 g/mol. The number of nitrogens with zero attached hydrogens (tertiary/aromatic N) is 3. The number of hydrogen-bond donors (Lipinski definition) is 0. The van der Waals surface area contributed by atoms with E-state index in [-0.39, 0.29) is 12.8 Å². The summed E-state index contributed by atoms with van der Waals surface area (Å²) < 4.78 is 0. The van der Waals surface area contributed by atoms with Gasteiger partial charge in [-0.1, -0.05) is 13.8 Å². The van der Waals surface area contributed by atoms with Crippen LogP contribution in [0.25, 0.3) is 0 Å². The molecule has 0 aromatic heterocycles. The van der Waals surface area contributed by atoms with Crippen LogP contribution in [-0.4, -0.2) is 44.5 Å². The molecule has 1 heterocycles. The van der Waals surface area contributed by atoms with Crippen molar-refractivity contribution in [3.8, 4) is 0 Å². The number of carbonyl (C=O) groups excluding carboxylic acids is 1. The standard InChI is InChI=1S/C14H25N3O8/c1-9(2)12(18)25-15-13(3,4)8-10(23-16(19)20)7-11(14(15,5)6)24-17(21)22/h9-11H,7-8H2,1-6H3. The molecule has 0 aliphatic carbocycles. The fourth-order valence-electron chi connectivity index (χ4n) is 3.08. The van der Waals surface area contributed by atoms with Gasteiger partial charge >= 0.3 is 5.97 Å². The summed E-state index contributed by atoms with van der Waals surface area (Å²) in [5.74, 6) is -0.940. The molecular formula is C14H25N3O8. The van der Waals surface area contributed by atoms with Crippen molar-refractivity contribution in [3.05, 3.63) is 20.2 Å². The monoisotopic (exact) mass is 363 g/mol. The normalized spacial score (nSPS) is 25.7. The molecule has 1 aliphatic heterocycles. The molecule has 0 radical (unpaired) electrons. The molecule has 0 spiro atoms. The lowest BCUT2D eigenvalue weighted by atomic mass is 9.93. The summed E-state index contributed by atoms with van der Waals surface area (Å²) in [6.07, 6.45) is -2.04. The molecule has 0 saturated carbocycles. The van der Waals surface area contributed by atoms with E-state index in [0.717, 1.165) is 0 Å². The number of hydrogen-bond acceptors (Lipinski definition) is 9. The average molecular weight is 363 g/mol. The van der Waals surface area contributed by atoms with Gasteiger partial charge in [0.05, 0.1) is 17.0 Å². The number of rotatable bonds is 6. The van der Waals surface area contributed by atoms with E-state index in [9.17, 15) is 25.0 Å². The van der Waals surface area contributed by atoms with Crippen molar-refractivity contribution in [2.75, 3.05) is 0 Å². The van der Waals surface area contributed by atoms with Gasteiger partial charge in [-0.15, -0.1) is 25.3 Å². The van der Waals surface area contributed by atoms with E-state index in [1.54, 1.807) is 41.5 Å². The average Bonchev–Trinajstić information content (AvgIpc) is 2.46. The highest BCUT2D eigenvalue weighted by molar-refractivity contribution is 5.71. The van der Waals surface area contributed by atoms with Crippen LogP contribution in [0.4, 0.5) is 0 Å². The molecule has 2 unspecified atom stereocenters. The van der Waals surface area contributed by atoms with E-state index in [0.29, 0.717) is 0 Å². The third-order valence-corrected chi connectivity index (χ3v) is 4.17. The Hall–Kier alpha value is -2.17. The van der Waals surface area contributed by atoms with E-state index < -0.39 is 45.3 Å². The van der Waals surface area contributed by atoms with Crippen molar-refractivity contribution in [2.24, 2.45) is 5.92 Å². The van der Waals surface area contributed by atoms with Gasteiger partial charge in [-0.25, -0.2) is 0 Å². The minimum atomic E-state index is -1.13. The Morgan fingerprint density at radius 1 is 1.12 bits per heavy atom. The van der Waals surface area contributed by atoms with Crippen LogP contribution < -0.4 is 0 Å². The quantitative estimate of drug-likeness (QED) is 0.512. The minimum absolute atomic E-state index is 0.103. The van der Waals surface area contributed by atoms with Crippen LogP contribution in [0.2, 0.25) is 0 Å². The Morgan fingerprint density at radius 2 is 1.64 bits per heavy atom. The molecule has 2 atom stereocenters. The number of hydroxylamine groups is 2. The second kappa shape index (κ2) is 7.38. The first-order valence-electron chi connectivity index (χ1n) is 7.92. The third-order valence-electron chi connectivity index (χ3n) is 4.17. The molecule has 1 fully saturated rings. The first-order valence-corrected chi connectivity index (χ1v) is 7.92. The molecule has 0 aromatic carbocycles. The molecule has 0 bridgehead atoms. The Kier molecular flexibility index (Phi) is 6.16. The summed E-state index contributed by atoms with van der Waals surface area (Å²) in [7, 11) is 0. The van der Waals surface area contributed by atoms with Crippen molar-refractivity contribution in [1.29, 1.82) is 0 Å². The Morgan fingerprint density at radius 3 is 2.08 bits per heavy atom. The highest BCUT2D eigenvalue weighted by atomic mass is 17.0. The van der Waals surface area contributed by atoms with Crippen LogP contribution in [0, 0.1) is 26.1 Å². The van der Waals surface area contributed by atoms with E-state index in [2.05, 4.69) is 4.84 Å². The first-order chi connectivity index (χ1) is 11.3. The molecule has 25 heavy (non-hydrogen) atoms. The Balaban J connectivity index is 3.28. The molecule has 0 N–H and O–H groups in total. The van der Waals surface area contributed by atoms with E-state index in [1.165, 1.54) is 5.06 Å². The second-order valence-corrected chi connectivity index (χ2v) is 7.53. The topological polar surface area (TPSA) is 134 Å². The van der Waals surface area contributed by atoms with Gasteiger partial charge in [0.15, 0.2) is 0 Å². The van der Waals surface area contributed by atoms with Crippen LogP contribution in [0.3, 0.4) is 0 Å². The van der Waals surface area contributed by atoms with E-state index in [1.807, 2.05) is 0 Å². The maximum absolute atomic E-state index is 12.1. The maximum atomic E-state index is 12.1. The molecule has 1 aliphatic rings. The molecule has 11 heteroatoms. The van der Waals surface area contributed by atoms with Gasteiger partial charge in [0.25, 0.3) is 10.2 Å². The summed E-state index contributed by atoms with van der Waals surface area (Å²) in [5.41, 5.74) is -2.01. The van der Waals surface area contributed by atoms with Gasteiger partial charge < -0.3 is 14.5 Å². The largest absolute Gasteiger partial charge is 0.367 e. The Labute approximate surface area is 145 Å². The summed E-state index contributed by atoms with van der Waals surface area (Å²) >= 11 is 0. The maximum Gasteiger partial charge on any atom is 0.327 e. The van der Waals surface area contributed by atoms with Gasteiger partial charge in [0, 0.05) is 6.42 Å². The van der Waals surface area contributed by atoms with Crippen LogP contribution >= 0.6 is 0 Å².